The van der Waals surface area contributed by atoms with Crippen molar-refractivity contribution in [1.29, 1.82) is 0 Å². The molecule has 1 unspecified atom stereocenters. The zero-order chi connectivity index (χ0) is 14.7. The number of carbonyl (C=O) groups is 1. The van der Waals surface area contributed by atoms with Crippen LogP contribution in [0, 0.1) is 5.92 Å². The highest BCUT2D eigenvalue weighted by atomic mass is 35.5. The lowest BCUT2D eigenvalue weighted by molar-refractivity contribution is -0.131. The molecule has 1 saturated carbocycles. The van der Waals surface area contributed by atoms with Crippen LogP contribution in [-0.4, -0.2) is 36.5 Å². The molecule has 4 heteroatoms. The maximum Gasteiger partial charge on any atom is 0.227 e. The van der Waals surface area contributed by atoms with E-state index in [0.717, 1.165) is 25.2 Å². The third-order valence-corrected chi connectivity index (χ3v) is 4.64. The number of hydrogen-bond donors (Lipinski definition) is 1. The second kappa shape index (κ2) is 6.80. The van der Waals surface area contributed by atoms with Crippen LogP contribution in [0.2, 0.25) is 5.02 Å². The molecule has 1 aliphatic heterocycles. The van der Waals surface area contributed by atoms with Crippen LogP contribution in [0.5, 0.6) is 0 Å². The van der Waals surface area contributed by atoms with Gasteiger partial charge in [0.05, 0.1) is 6.42 Å². The average Bonchev–Trinajstić information content (AvgIpc) is 3.30. The standard InChI is InChI=1S/C17H23ClN2O/c18-15-5-1-3-13(9-15)10-17(21)20(16-6-7-16)12-14-4-2-8-19-11-14/h1,3,5,9,14,16,19H,2,4,6-8,10-12H2. The molecule has 114 valence electrons. The summed E-state index contributed by atoms with van der Waals surface area (Å²) in [5.41, 5.74) is 1.01. The number of benzene rings is 1. The van der Waals surface area contributed by atoms with E-state index in [-0.39, 0.29) is 5.91 Å². The van der Waals surface area contributed by atoms with Gasteiger partial charge in [0.15, 0.2) is 0 Å². The minimum atomic E-state index is 0.255. The fraction of sp³-hybridized carbons (Fsp3) is 0.588. The van der Waals surface area contributed by atoms with E-state index >= 15 is 0 Å². The summed E-state index contributed by atoms with van der Waals surface area (Å²) in [5, 5.41) is 4.14. The van der Waals surface area contributed by atoms with Crippen LogP contribution in [0.1, 0.15) is 31.2 Å². The van der Waals surface area contributed by atoms with Crippen LogP contribution in [0.15, 0.2) is 24.3 Å². The van der Waals surface area contributed by atoms with Gasteiger partial charge in [0, 0.05) is 17.6 Å². The Bertz CT molecular complexity index is 495. The van der Waals surface area contributed by atoms with Gasteiger partial charge in [-0.2, -0.15) is 0 Å². The van der Waals surface area contributed by atoms with Gasteiger partial charge < -0.3 is 10.2 Å². The van der Waals surface area contributed by atoms with Gasteiger partial charge in [-0.1, -0.05) is 23.7 Å². The first-order valence-corrected chi connectivity index (χ1v) is 8.35. The van der Waals surface area contributed by atoms with Gasteiger partial charge in [0.1, 0.15) is 0 Å². The summed E-state index contributed by atoms with van der Waals surface area (Å²) in [5.74, 6) is 0.869. The van der Waals surface area contributed by atoms with E-state index in [0.29, 0.717) is 23.4 Å². The second-order valence-electron chi connectivity index (χ2n) is 6.30. The van der Waals surface area contributed by atoms with Crippen LogP contribution < -0.4 is 5.32 Å². The van der Waals surface area contributed by atoms with Crippen LogP contribution in [0.25, 0.3) is 0 Å². The fourth-order valence-electron chi connectivity index (χ4n) is 3.12. The molecule has 0 aromatic heterocycles. The van der Waals surface area contributed by atoms with Gasteiger partial charge in [-0.3, -0.25) is 4.79 Å². The molecule has 1 aliphatic carbocycles. The maximum absolute atomic E-state index is 12.6. The first-order valence-electron chi connectivity index (χ1n) is 7.97. The van der Waals surface area contributed by atoms with E-state index in [9.17, 15) is 4.79 Å². The number of carbonyl (C=O) groups excluding carboxylic acids is 1. The summed E-state index contributed by atoms with van der Waals surface area (Å²) >= 11 is 6.01. The fourth-order valence-corrected chi connectivity index (χ4v) is 3.33. The Morgan fingerprint density at radius 1 is 1.33 bits per heavy atom. The molecule has 1 aromatic carbocycles. The Morgan fingerprint density at radius 2 is 2.19 bits per heavy atom. The van der Waals surface area contributed by atoms with E-state index in [1.807, 2.05) is 24.3 Å². The van der Waals surface area contributed by atoms with E-state index in [1.54, 1.807) is 0 Å². The molecule has 1 heterocycles. The number of rotatable bonds is 5. The van der Waals surface area contributed by atoms with Crippen molar-refractivity contribution in [2.24, 2.45) is 5.92 Å². The molecule has 1 saturated heterocycles. The number of amides is 1. The van der Waals surface area contributed by atoms with Crippen molar-refractivity contribution >= 4 is 17.5 Å². The van der Waals surface area contributed by atoms with Gasteiger partial charge in [-0.15, -0.1) is 0 Å². The van der Waals surface area contributed by atoms with Crippen molar-refractivity contribution in [3.05, 3.63) is 34.9 Å². The number of hydrogen-bond acceptors (Lipinski definition) is 2. The first-order chi connectivity index (χ1) is 10.2. The average molecular weight is 307 g/mol. The summed E-state index contributed by atoms with van der Waals surface area (Å²) in [6, 6.07) is 8.13. The first kappa shape index (κ1) is 14.9. The number of nitrogens with one attached hydrogen (secondary N) is 1. The molecule has 1 N–H and O–H groups in total. The molecule has 1 atom stereocenters. The molecule has 1 amide bonds. The molecular weight excluding hydrogens is 284 g/mol. The SMILES string of the molecule is O=C(Cc1cccc(Cl)c1)N(CC1CCCNC1)C1CC1. The molecule has 2 fully saturated rings. The lowest BCUT2D eigenvalue weighted by Crippen LogP contribution is -2.42. The van der Waals surface area contributed by atoms with Gasteiger partial charge >= 0.3 is 0 Å². The van der Waals surface area contributed by atoms with Crippen LogP contribution in [0.3, 0.4) is 0 Å². The predicted molar refractivity (Wildman–Crippen MR) is 85.5 cm³/mol. The third-order valence-electron chi connectivity index (χ3n) is 4.41. The summed E-state index contributed by atoms with van der Waals surface area (Å²) in [4.78, 5) is 14.8. The van der Waals surface area contributed by atoms with Crippen LogP contribution in [-0.2, 0) is 11.2 Å². The molecule has 3 rings (SSSR count). The highest BCUT2D eigenvalue weighted by Crippen LogP contribution is 2.29. The largest absolute Gasteiger partial charge is 0.339 e. The molecule has 0 spiro atoms. The highest BCUT2D eigenvalue weighted by molar-refractivity contribution is 6.30. The zero-order valence-corrected chi connectivity index (χ0v) is 13.1. The monoisotopic (exact) mass is 306 g/mol. The molecule has 2 aliphatic rings. The van der Waals surface area contributed by atoms with E-state index in [2.05, 4.69) is 10.2 Å². The Labute approximate surface area is 131 Å². The van der Waals surface area contributed by atoms with E-state index in [4.69, 9.17) is 11.6 Å². The van der Waals surface area contributed by atoms with Crippen molar-refractivity contribution in [2.45, 2.75) is 38.1 Å². The van der Waals surface area contributed by atoms with Gasteiger partial charge in [0.25, 0.3) is 0 Å². The highest BCUT2D eigenvalue weighted by Gasteiger charge is 2.34. The summed E-state index contributed by atoms with van der Waals surface area (Å²) in [7, 11) is 0. The number of halogens is 1. The lowest BCUT2D eigenvalue weighted by atomic mass is 9.98. The Morgan fingerprint density at radius 3 is 2.86 bits per heavy atom. The summed E-state index contributed by atoms with van der Waals surface area (Å²) < 4.78 is 0. The van der Waals surface area contributed by atoms with Crippen molar-refractivity contribution in [2.75, 3.05) is 19.6 Å². The minimum Gasteiger partial charge on any atom is -0.339 e. The van der Waals surface area contributed by atoms with Crippen molar-refractivity contribution < 1.29 is 4.79 Å². The quantitative estimate of drug-likeness (QED) is 0.907. The van der Waals surface area contributed by atoms with E-state index in [1.165, 1.54) is 25.7 Å². The Kier molecular flexibility index (Phi) is 4.81. The van der Waals surface area contributed by atoms with Gasteiger partial charge in [0.2, 0.25) is 5.91 Å². The third kappa shape index (κ3) is 4.21. The smallest absolute Gasteiger partial charge is 0.227 e. The maximum atomic E-state index is 12.6. The van der Waals surface area contributed by atoms with Gasteiger partial charge in [-0.25, -0.2) is 0 Å². The molecule has 1 aromatic rings. The molecular formula is C17H23ClN2O. The van der Waals surface area contributed by atoms with Crippen molar-refractivity contribution in [1.82, 2.24) is 10.2 Å². The number of piperidine rings is 1. The molecule has 0 bridgehead atoms. The molecule has 21 heavy (non-hydrogen) atoms. The predicted octanol–water partition coefficient (Wildman–Crippen LogP) is 2.87. The zero-order valence-electron chi connectivity index (χ0n) is 12.4. The summed E-state index contributed by atoms with van der Waals surface area (Å²) in [6.45, 7) is 3.08. The van der Waals surface area contributed by atoms with Crippen LogP contribution in [0.4, 0.5) is 0 Å². The Hall–Kier alpha value is -1.06. The van der Waals surface area contributed by atoms with Gasteiger partial charge in [-0.05, 0) is 62.4 Å². The molecule has 3 nitrogen and oxygen atoms in total. The minimum absolute atomic E-state index is 0.255. The second-order valence-corrected chi connectivity index (χ2v) is 6.73. The number of nitrogens with zero attached hydrogens (tertiary/aromatic N) is 1. The van der Waals surface area contributed by atoms with E-state index < -0.39 is 0 Å². The normalized spacial score (nSPS) is 22.0. The Balaban J connectivity index is 1.61. The summed E-state index contributed by atoms with van der Waals surface area (Å²) in [6.07, 6.45) is 5.27. The molecule has 0 radical (unpaired) electrons. The van der Waals surface area contributed by atoms with Crippen molar-refractivity contribution in [3.8, 4) is 0 Å². The van der Waals surface area contributed by atoms with Crippen molar-refractivity contribution in [3.63, 3.8) is 0 Å². The van der Waals surface area contributed by atoms with Crippen LogP contribution >= 0.6 is 11.6 Å². The lowest BCUT2D eigenvalue weighted by Gasteiger charge is -2.30. The topological polar surface area (TPSA) is 32.3 Å².